The van der Waals surface area contributed by atoms with E-state index in [0.29, 0.717) is 16.2 Å². The Labute approximate surface area is 176 Å². The number of pyridine rings is 1. The van der Waals surface area contributed by atoms with E-state index in [2.05, 4.69) is 9.71 Å². The molecule has 2 aromatic carbocycles. The van der Waals surface area contributed by atoms with Crippen LogP contribution in [0.5, 0.6) is 0 Å². The van der Waals surface area contributed by atoms with Gasteiger partial charge in [-0.15, -0.1) is 11.8 Å². The second-order valence-electron chi connectivity index (χ2n) is 6.30. The summed E-state index contributed by atoms with van der Waals surface area (Å²) in [5, 5.41) is 9.69. The number of nitrogens with one attached hydrogen (secondary N) is 1. The van der Waals surface area contributed by atoms with Crippen LogP contribution < -0.4 is 4.72 Å². The smallest absolute Gasteiger partial charge is 0.335 e. The second kappa shape index (κ2) is 8.80. The summed E-state index contributed by atoms with van der Waals surface area (Å²) in [4.78, 5) is 15.2. The number of halogens is 2. The summed E-state index contributed by atoms with van der Waals surface area (Å²) < 4.78 is 54.1. The molecule has 0 amide bonds. The highest BCUT2D eigenvalue weighted by Gasteiger charge is 2.18. The van der Waals surface area contributed by atoms with Crippen molar-refractivity contribution < 1.29 is 27.1 Å². The van der Waals surface area contributed by atoms with Gasteiger partial charge < -0.3 is 5.11 Å². The number of carbonyl (C=O) groups is 1. The molecule has 0 spiro atoms. The molecular weight excluding hydrogens is 434 g/mol. The summed E-state index contributed by atoms with van der Waals surface area (Å²) in [6, 6.07) is 10.2. The van der Waals surface area contributed by atoms with Gasteiger partial charge in [0.2, 0.25) is 0 Å². The summed E-state index contributed by atoms with van der Waals surface area (Å²) in [7, 11) is -4.01. The molecule has 0 saturated carbocycles. The molecule has 10 heteroatoms. The number of aryl methyl sites for hydroxylation is 1. The minimum Gasteiger partial charge on any atom is -0.478 e. The topological polar surface area (TPSA) is 96.4 Å². The molecule has 3 aromatic rings. The number of hydrogen-bond acceptors (Lipinski definition) is 5. The van der Waals surface area contributed by atoms with Gasteiger partial charge in [0, 0.05) is 11.8 Å². The molecule has 0 aliphatic carbocycles. The Kier molecular flexibility index (Phi) is 6.37. The molecule has 30 heavy (non-hydrogen) atoms. The Morgan fingerprint density at radius 2 is 1.90 bits per heavy atom. The van der Waals surface area contributed by atoms with Crippen LogP contribution in [0, 0.1) is 18.6 Å². The number of rotatable bonds is 7. The van der Waals surface area contributed by atoms with E-state index in [-0.39, 0.29) is 21.9 Å². The van der Waals surface area contributed by atoms with Crippen LogP contribution in [-0.4, -0.2) is 24.5 Å². The maximum Gasteiger partial charge on any atom is 0.335 e. The third kappa shape index (κ3) is 5.14. The Bertz CT molecular complexity index is 1200. The van der Waals surface area contributed by atoms with E-state index in [1.807, 2.05) is 0 Å². The Morgan fingerprint density at radius 3 is 2.53 bits per heavy atom. The highest BCUT2D eigenvalue weighted by Crippen LogP contribution is 2.25. The third-order valence-electron chi connectivity index (χ3n) is 4.13. The summed E-state index contributed by atoms with van der Waals surface area (Å²) in [5.41, 5.74) is 0.851. The number of hydrogen-bond donors (Lipinski definition) is 2. The van der Waals surface area contributed by atoms with Crippen molar-refractivity contribution in [2.75, 3.05) is 4.72 Å². The summed E-state index contributed by atoms with van der Waals surface area (Å²) >= 11 is 1.21. The van der Waals surface area contributed by atoms with E-state index in [1.165, 1.54) is 48.3 Å². The molecule has 1 aromatic heterocycles. The SMILES string of the molecule is Cc1ccc(S(=O)(=O)Nc2ccc(SCc3ccc(F)cc3F)nc2)cc1C(=O)O. The van der Waals surface area contributed by atoms with Crippen molar-refractivity contribution in [3.63, 3.8) is 0 Å². The predicted octanol–water partition coefficient (Wildman–Crippen LogP) is 4.46. The van der Waals surface area contributed by atoms with Gasteiger partial charge in [0.15, 0.2) is 0 Å². The van der Waals surface area contributed by atoms with Crippen molar-refractivity contribution in [3.05, 3.63) is 83.1 Å². The van der Waals surface area contributed by atoms with Crippen LogP contribution in [0.25, 0.3) is 0 Å². The average Bonchev–Trinajstić information content (AvgIpc) is 2.68. The van der Waals surface area contributed by atoms with Gasteiger partial charge in [-0.2, -0.15) is 0 Å². The number of nitrogens with zero attached hydrogens (tertiary/aromatic N) is 1. The first-order chi connectivity index (χ1) is 14.2. The van der Waals surface area contributed by atoms with Crippen LogP contribution in [-0.2, 0) is 15.8 Å². The maximum absolute atomic E-state index is 13.7. The summed E-state index contributed by atoms with van der Waals surface area (Å²) in [6.45, 7) is 1.57. The van der Waals surface area contributed by atoms with Gasteiger partial charge >= 0.3 is 5.97 Å². The molecule has 0 aliphatic rings. The van der Waals surface area contributed by atoms with Crippen molar-refractivity contribution in [3.8, 4) is 0 Å². The lowest BCUT2D eigenvalue weighted by molar-refractivity contribution is 0.0696. The lowest BCUT2D eigenvalue weighted by Gasteiger charge is -2.10. The Balaban J connectivity index is 1.70. The molecule has 0 radical (unpaired) electrons. The fourth-order valence-electron chi connectivity index (χ4n) is 2.53. The maximum atomic E-state index is 13.7. The largest absolute Gasteiger partial charge is 0.478 e. The molecule has 0 saturated heterocycles. The van der Waals surface area contributed by atoms with Gasteiger partial charge in [-0.25, -0.2) is 27.0 Å². The predicted molar refractivity (Wildman–Crippen MR) is 109 cm³/mol. The van der Waals surface area contributed by atoms with Crippen molar-refractivity contribution in [2.24, 2.45) is 0 Å². The van der Waals surface area contributed by atoms with Crippen LogP contribution in [0.3, 0.4) is 0 Å². The van der Waals surface area contributed by atoms with E-state index in [4.69, 9.17) is 0 Å². The lowest BCUT2D eigenvalue weighted by Crippen LogP contribution is -2.14. The molecule has 6 nitrogen and oxygen atoms in total. The minimum atomic E-state index is -4.01. The zero-order valence-corrected chi connectivity index (χ0v) is 17.2. The Morgan fingerprint density at radius 1 is 1.13 bits per heavy atom. The molecule has 0 bridgehead atoms. The number of thioether (sulfide) groups is 1. The minimum absolute atomic E-state index is 0.101. The van der Waals surface area contributed by atoms with Crippen molar-refractivity contribution in [1.82, 2.24) is 4.98 Å². The van der Waals surface area contributed by atoms with Crippen molar-refractivity contribution >= 4 is 33.4 Å². The molecule has 0 fully saturated rings. The molecule has 0 aliphatic heterocycles. The number of carboxylic acids is 1. The third-order valence-corrected chi connectivity index (χ3v) is 6.50. The monoisotopic (exact) mass is 450 g/mol. The zero-order chi connectivity index (χ0) is 21.9. The number of aromatic carboxylic acids is 1. The van der Waals surface area contributed by atoms with Gasteiger partial charge in [-0.05, 0) is 48.4 Å². The van der Waals surface area contributed by atoms with E-state index in [9.17, 15) is 27.1 Å². The van der Waals surface area contributed by atoms with E-state index in [0.717, 1.165) is 12.1 Å². The second-order valence-corrected chi connectivity index (χ2v) is 8.97. The van der Waals surface area contributed by atoms with Gasteiger partial charge in [0.1, 0.15) is 11.6 Å². The molecular formula is C20H16F2N2O4S2. The molecule has 2 N–H and O–H groups in total. The van der Waals surface area contributed by atoms with E-state index < -0.39 is 27.6 Å². The first-order valence-electron chi connectivity index (χ1n) is 8.55. The Hall–Kier alpha value is -2.98. The average molecular weight is 450 g/mol. The van der Waals surface area contributed by atoms with Gasteiger partial charge in [-0.3, -0.25) is 4.72 Å². The number of benzene rings is 2. The molecule has 156 valence electrons. The molecule has 1 heterocycles. The highest BCUT2D eigenvalue weighted by molar-refractivity contribution is 7.98. The van der Waals surface area contributed by atoms with Crippen LogP contribution in [0.15, 0.2) is 64.6 Å². The normalized spacial score (nSPS) is 11.3. The molecule has 0 atom stereocenters. The van der Waals surface area contributed by atoms with Crippen molar-refractivity contribution in [2.45, 2.75) is 22.6 Å². The van der Waals surface area contributed by atoms with Gasteiger partial charge in [0.05, 0.1) is 27.4 Å². The fraction of sp³-hybridized carbons (Fsp3) is 0.100. The number of aromatic nitrogens is 1. The quantitative estimate of drug-likeness (QED) is 0.516. The van der Waals surface area contributed by atoms with Crippen LogP contribution in [0.1, 0.15) is 21.5 Å². The van der Waals surface area contributed by atoms with Crippen LogP contribution in [0.2, 0.25) is 0 Å². The van der Waals surface area contributed by atoms with Gasteiger partial charge in [0.25, 0.3) is 10.0 Å². The van der Waals surface area contributed by atoms with Crippen LogP contribution in [0.4, 0.5) is 14.5 Å². The summed E-state index contributed by atoms with van der Waals surface area (Å²) in [6.07, 6.45) is 1.30. The van der Waals surface area contributed by atoms with E-state index in [1.54, 1.807) is 13.0 Å². The fourth-order valence-corrected chi connectivity index (χ4v) is 4.43. The molecule has 3 rings (SSSR count). The summed E-state index contributed by atoms with van der Waals surface area (Å²) in [5.74, 6) is -2.29. The van der Waals surface area contributed by atoms with Crippen LogP contribution >= 0.6 is 11.8 Å². The number of carboxylic acid groups (broad SMARTS) is 1. The first-order valence-corrected chi connectivity index (χ1v) is 11.0. The number of sulfonamides is 1. The standard InChI is InChI=1S/C20H16F2N2O4S2/c1-12-2-6-16(9-17(12)20(25)26)30(27,28)24-15-5-7-19(23-10-15)29-11-13-3-4-14(21)8-18(13)22/h2-10,24H,11H2,1H3,(H,25,26). The highest BCUT2D eigenvalue weighted by atomic mass is 32.2. The van der Waals surface area contributed by atoms with Crippen molar-refractivity contribution in [1.29, 1.82) is 0 Å². The molecule has 0 unspecified atom stereocenters. The number of anilines is 1. The van der Waals surface area contributed by atoms with E-state index >= 15 is 0 Å². The zero-order valence-electron chi connectivity index (χ0n) is 15.6. The lowest BCUT2D eigenvalue weighted by atomic mass is 10.1. The van der Waals surface area contributed by atoms with Gasteiger partial charge in [-0.1, -0.05) is 12.1 Å². The first kappa shape index (κ1) is 21.7.